The Morgan fingerprint density at radius 2 is 0.609 bits per heavy atom. The van der Waals surface area contributed by atoms with Crippen LogP contribution in [0.3, 0.4) is 0 Å². The van der Waals surface area contributed by atoms with Gasteiger partial charge in [0.15, 0.2) is 6.10 Å². The smallest absolute Gasteiger partial charge is 0.306 e. The maximum absolute atomic E-state index is 12.8. The molecule has 0 aromatic heterocycles. The number of esters is 3. The van der Waals surface area contributed by atoms with E-state index in [0.29, 0.717) is 19.3 Å². The number of hydrogen-bond donors (Lipinski definition) is 0. The molecule has 0 aliphatic rings. The molecule has 0 rings (SSSR count). The van der Waals surface area contributed by atoms with Crippen LogP contribution >= 0.6 is 0 Å². The maximum atomic E-state index is 12.8. The molecule has 0 aromatic carbocycles. The first kappa shape index (κ1) is 64.0. The molecule has 69 heavy (non-hydrogen) atoms. The van der Waals surface area contributed by atoms with Crippen LogP contribution in [0.1, 0.15) is 201 Å². The van der Waals surface area contributed by atoms with Crippen LogP contribution in [0, 0.1) is 0 Å². The van der Waals surface area contributed by atoms with Crippen LogP contribution in [0.2, 0.25) is 0 Å². The lowest BCUT2D eigenvalue weighted by atomic mass is 10.1. The van der Waals surface area contributed by atoms with Crippen LogP contribution in [0.25, 0.3) is 0 Å². The molecule has 6 heteroatoms. The van der Waals surface area contributed by atoms with Crippen molar-refractivity contribution >= 4 is 17.9 Å². The summed E-state index contributed by atoms with van der Waals surface area (Å²) >= 11 is 0. The summed E-state index contributed by atoms with van der Waals surface area (Å²) in [5.41, 5.74) is 0. The predicted octanol–water partition coefficient (Wildman–Crippen LogP) is 18.2. The summed E-state index contributed by atoms with van der Waals surface area (Å²) in [4.78, 5) is 38.1. The van der Waals surface area contributed by atoms with Gasteiger partial charge in [0.25, 0.3) is 0 Å². The molecule has 0 aromatic rings. The summed E-state index contributed by atoms with van der Waals surface area (Å²) in [7, 11) is 0. The third kappa shape index (κ3) is 53.8. The van der Waals surface area contributed by atoms with Crippen LogP contribution in [0.15, 0.2) is 158 Å². The minimum absolute atomic E-state index is 0.128. The van der Waals surface area contributed by atoms with Crippen molar-refractivity contribution < 1.29 is 28.6 Å². The maximum Gasteiger partial charge on any atom is 0.306 e. The molecule has 0 radical (unpaired) electrons. The Balaban J connectivity index is 4.55. The molecule has 384 valence electrons. The first-order valence-electron chi connectivity index (χ1n) is 27.1. The lowest BCUT2D eigenvalue weighted by Gasteiger charge is -2.18. The third-order valence-electron chi connectivity index (χ3n) is 10.6. The molecule has 0 heterocycles. The number of hydrogen-bond acceptors (Lipinski definition) is 6. The van der Waals surface area contributed by atoms with E-state index in [-0.39, 0.29) is 37.5 Å². The topological polar surface area (TPSA) is 78.9 Å². The SMILES string of the molecule is CC/C=C/C=C/C=C/C=C/C=C/CCCC(=O)OCC(COC(=O)CCCCC/C=C/C/C=C/C/C=C/C/C=C/C/C=C/CC)OC(=O)CCCCCCCCCCC/C=C/C/C=C/C/C=C/CC. The molecule has 1 atom stereocenters. The van der Waals surface area contributed by atoms with Gasteiger partial charge in [-0.1, -0.05) is 230 Å². The fourth-order valence-corrected chi connectivity index (χ4v) is 6.69. The average molecular weight is 949 g/mol. The zero-order valence-electron chi connectivity index (χ0n) is 43.8. The van der Waals surface area contributed by atoms with E-state index in [9.17, 15) is 14.4 Å². The molecule has 0 aliphatic carbocycles. The third-order valence-corrected chi connectivity index (χ3v) is 10.6. The monoisotopic (exact) mass is 949 g/mol. The summed E-state index contributed by atoms with van der Waals surface area (Å²) < 4.78 is 16.7. The molecule has 6 nitrogen and oxygen atoms in total. The van der Waals surface area contributed by atoms with Crippen molar-refractivity contribution in [2.45, 2.75) is 207 Å². The normalized spacial score (nSPS) is 13.4. The summed E-state index contributed by atoms with van der Waals surface area (Å²) in [5.74, 6) is -1.05. The molecule has 1 unspecified atom stereocenters. The van der Waals surface area contributed by atoms with Crippen molar-refractivity contribution in [2.75, 3.05) is 13.2 Å². The van der Waals surface area contributed by atoms with Crippen molar-refractivity contribution in [1.82, 2.24) is 0 Å². The van der Waals surface area contributed by atoms with E-state index in [1.165, 1.54) is 38.5 Å². The van der Waals surface area contributed by atoms with E-state index in [1.54, 1.807) is 0 Å². The molecule has 0 spiro atoms. The van der Waals surface area contributed by atoms with Gasteiger partial charge in [-0.15, -0.1) is 0 Å². The largest absolute Gasteiger partial charge is 0.462 e. The van der Waals surface area contributed by atoms with Gasteiger partial charge in [-0.2, -0.15) is 0 Å². The van der Waals surface area contributed by atoms with Gasteiger partial charge in [-0.3, -0.25) is 14.4 Å². The highest BCUT2D eigenvalue weighted by atomic mass is 16.6. The van der Waals surface area contributed by atoms with Gasteiger partial charge in [0.2, 0.25) is 0 Å². The van der Waals surface area contributed by atoms with Crippen LogP contribution in [-0.2, 0) is 28.6 Å². The van der Waals surface area contributed by atoms with E-state index in [4.69, 9.17) is 14.2 Å². The number of carbonyl (C=O) groups is 3. The van der Waals surface area contributed by atoms with Crippen molar-refractivity contribution in [3.8, 4) is 0 Å². The van der Waals surface area contributed by atoms with Crippen molar-refractivity contribution in [3.63, 3.8) is 0 Å². The Morgan fingerprint density at radius 3 is 1.04 bits per heavy atom. The quantitative estimate of drug-likeness (QED) is 0.0199. The van der Waals surface area contributed by atoms with Crippen LogP contribution in [-0.4, -0.2) is 37.2 Å². The van der Waals surface area contributed by atoms with Gasteiger partial charge in [0, 0.05) is 19.3 Å². The van der Waals surface area contributed by atoms with Gasteiger partial charge >= 0.3 is 17.9 Å². The second kappa shape index (κ2) is 55.6. The van der Waals surface area contributed by atoms with Gasteiger partial charge in [-0.25, -0.2) is 0 Å². The standard InChI is InChI=1S/C63H96O6/c1-4-7-10-13-16-19-22-25-27-29-31-33-35-38-41-44-47-50-53-56-62(65)68-59-60(58-67-61(64)55-52-49-46-43-40-37-24-21-18-15-12-9-6-3)69-63(66)57-54-51-48-45-42-39-36-34-32-30-28-26-23-20-17-14-11-8-5-2/h7-12,15-21,24-28,31,33,37-38,40-41,43,46,60H,4-6,13-14,22-23,29-30,32,34-36,39,42,44-45,47-59H2,1-3H3/b10-7+,11-8+,12-9+,18-15+,19-16+,20-17+,24-21+,27-25+,28-26+,33-31+,40-37+,41-38+,46-43+. The minimum atomic E-state index is -0.832. The summed E-state index contributed by atoms with van der Waals surface area (Å²) in [6, 6.07) is 0. The van der Waals surface area contributed by atoms with E-state index >= 15 is 0 Å². The summed E-state index contributed by atoms with van der Waals surface area (Å²) in [6.45, 7) is 6.15. The zero-order chi connectivity index (χ0) is 50.0. The fourth-order valence-electron chi connectivity index (χ4n) is 6.69. The second-order valence-corrected chi connectivity index (χ2v) is 17.1. The average Bonchev–Trinajstić information content (AvgIpc) is 3.35. The van der Waals surface area contributed by atoms with E-state index in [0.717, 1.165) is 116 Å². The molecule has 0 fully saturated rings. The number of rotatable bonds is 46. The predicted molar refractivity (Wildman–Crippen MR) is 297 cm³/mol. The highest BCUT2D eigenvalue weighted by Crippen LogP contribution is 2.13. The zero-order valence-corrected chi connectivity index (χ0v) is 43.8. The van der Waals surface area contributed by atoms with E-state index < -0.39 is 6.10 Å². The van der Waals surface area contributed by atoms with Gasteiger partial charge in [-0.05, 0) is 109 Å². The lowest BCUT2D eigenvalue weighted by molar-refractivity contribution is -0.167. The first-order chi connectivity index (χ1) is 34.0. The Kier molecular flexibility index (Phi) is 51.6. The van der Waals surface area contributed by atoms with Crippen molar-refractivity contribution in [2.24, 2.45) is 0 Å². The Morgan fingerprint density at radius 1 is 0.304 bits per heavy atom. The minimum Gasteiger partial charge on any atom is -0.462 e. The van der Waals surface area contributed by atoms with Crippen molar-refractivity contribution in [1.29, 1.82) is 0 Å². The molecule has 0 bridgehead atoms. The molecule has 0 saturated carbocycles. The molecule has 0 N–H and O–H groups in total. The molecular formula is C63H96O6. The van der Waals surface area contributed by atoms with Gasteiger partial charge in [0.1, 0.15) is 13.2 Å². The lowest BCUT2D eigenvalue weighted by Crippen LogP contribution is -2.30. The fraction of sp³-hybridized carbons (Fsp3) is 0.540. The summed E-state index contributed by atoms with van der Waals surface area (Å²) in [6.07, 6.45) is 80.9. The Labute approximate surface area is 422 Å². The summed E-state index contributed by atoms with van der Waals surface area (Å²) in [5, 5.41) is 0. The first-order valence-corrected chi connectivity index (χ1v) is 27.1. The van der Waals surface area contributed by atoms with Crippen LogP contribution in [0.4, 0.5) is 0 Å². The van der Waals surface area contributed by atoms with E-state index in [1.807, 2.05) is 54.7 Å². The van der Waals surface area contributed by atoms with Crippen molar-refractivity contribution in [3.05, 3.63) is 158 Å². The highest BCUT2D eigenvalue weighted by molar-refractivity contribution is 5.71. The molecular weight excluding hydrogens is 853 g/mol. The number of carbonyl (C=O) groups excluding carboxylic acids is 3. The molecule has 0 saturated heterocycles. The van der Waals surface area contributed by atoms with Gasteiger partial charge in [0.05, 0.1) is 0 Å². The van der Waals surface area contributed by atoms with Gasteiger partial charge < -0.3 is 14.2 Å². The Hall–Kier alpha value is -4.97. The molecule has 0 amide bonds. The Bertz CT molecular complexity index is 1610. The van der Waals surface area contributed by atoms with Crippen LogP contribution in [0.5, 0.6) is 0 Å². The number of ether oxygens (including phenoxy) is 3. The highest BCUT2D eigenvalue weighted by Gasteiger charge is 2.19. The molecule has 0 aliphatic heterocycles. The van der Waals surface area contributed by atoms with E-state index in [2.05, 4.69) is 124 Å². The second-order valence-electron chi connectivity index (χ2n) is 17.1. The number of unbranched alkanes of at least 4 members (excludes halogenated alkanes) is 13. The van der Waals surface area contributed by atoms with Crippen LogP contribution < -0.4 is 0 Å². The number of allylic oxidation sites excluding steroid dienone is 26.